The molecule has 1 heterocycles. The minimum atomic E-state index is -4.32. The van der Waals surface area contributed by atoms with Gasteiger partial charge in [0.2, 0.25) is 0 Å². The molecule has 36 heavy (non-hydrogen) atoms. The second-order valence-corrected chi connectivity index (χ2v) is 9.38. The summed E-state index contributed by atoms with van der Waals surface area (Å²) < 4.78 is 27.8. The number of aromatic carboxylic acids is 1. The molecule has 4 aromatic rings. The topological polar surface area (TPSA) is 167 Å². The van der Waals surface area contributed by atoms with Crippen LogP contribution in [0.1, 0.15) is 28.4 Å². The maximum absolute atomic E-state index is 12.8. The third kappa shape index (κ3) is 4.88. The average Bonchev–Trinajstić information content (AvgIpc) is 3.27. The molecule has 4 rings (SSSR count). The summed E-state index contributed by atoms with van der Waals surface area (Å²) >= 11 is 0. The number of nitrogens with one attached hydrogen (secondary N) is 3. The first-order chi connectivity index (χ1) is 17.2. The predicted octanol–water partition coefficient (Wildman–Crippen LogP) is 4.58. The number of anilines is 2. The van der Waals surface area contributed by atoms with E-state index in [1.165, 1.54) is 36.5 Å². The van der Waals surface area contributed by atoms with Crippen molar-refractivity contribution in [2.75, 3.05) is 10.1 Å². The van der Waals surface area contributed by atoms with Crippen molar-refractivity contribution in [3.63, 3.8) is 0 Å². The van der Waals surface area contributed by atoms with Crippen molar-refractivity contribution in [2.45, 2.75) is 18.2 Å². The molecule has 0 fully saturated rings. The van der Waals surface area contributed by atoms with Crippen LogP contribution in [0.15, 0.2) is 76.9 Å². The summed E-state index contributed by atoms with van der Waals surface area (Å²) in [6.45, 7) is 2.05. The van der Waals surface area contributed by atoms with Gasteiger partial charge in [-0.3, -0.25) is 20.3 Å². The van der Waals surface area contributed by atoms with Crippen LogP contribution < -0.4 is 10.1 Å². The first kappa shape index (κ1) is 24.4. The summed E-state index contributed by atoms with van der Waals surface area (Å²) in [5, 5.41) is 26.0. The number of sulfonamides is 1. The summed E-state index contributed by atoms with van der Waals surface area (Å²) in [5.74, 6) is -1.32. The van der Waals surface area contributed by atoms with Crippen LogP contribution in [-0.2, 0) is 16.4 Å². The molecule has 12 heteroatoms. The number of hydrogen-bond donors (Lipinski definition) is 4. The quantitative estimate of drug-likeness (QED) is 0.146. The smallest absolute Gasteiger partial charge is 0.337 e. The number of hydrazone groups is 1. The van der Waals surface area contributed by atoms with Gasteiger partial charge in [0.05, 0.1) is 27.3 Å². The number of rotatable bonds is 9. The summed E-state index contributed by atoms with van der Waals surface area (Å²) in [6, 6.07) is 14.6. The Morgan fingerprint density at radius 3 is 2.64 bits per heavy atom. The molecule has 0 amide bonds. The van der Waals surface area contributed by atoms with Gasteiger partial charge in [0, 0.05) is 28.7 Å². The van der Waals surface area contributed by atoms with Crippen LogP contribution in [0.4, 0.5) is 17.1 Å². The largest absolute Gasteiger partial charge is 0.478 e. The van der Waals surface area contributed by atoms with E-state index in [0.29, 0.717) is 0 Å². The Bertz CT molecular complexity index is 1610. The molecule has 0 radical (unpaired) electrons. The number of para-hydroxylation sites is 2. The molecule has 0 aliphatic rings. The Hall–Kier alpha value is -4.71. The maximum Gasteiger partial charge on any atom is 0.337 e. The van der Waals surface area contributed by atoms with Crippen LogP contribution in [0.25, 0.3) is 10.9 Å². The molecule has 11 nitrogen and oxygen atoms in total. The minimum absolute atomic E-state index is 0.0183. The van der Waals surface area contributed by atoms with E-state index in [0.717, 1.165) is 40.6 Å². The Labute approximate surface area is 205 Å². The third-order valence-electron chi connectivity index (χ3n) is 5.48. The Morgan fingerprint density at radius 2 is 1.92 bits per heavy atom. The SMILES string of the molecule is CCc1cccc2c(C=NNc3ccc(S(=O)(=O)Nc4ccccc4C(=O)O)cc3[N+](=O)[O-])c[nH]c12. The van der Waals surface area contributed by atoms with Crippen molar-refractivity contribution in [1.29, 1.82) is 0 Å². The number of H-pyrrole nitrogens is 1. The number of aromatic nitrogens is 1. The molecule has 1 aromatic heterocycles. The van der Waals surface area contributed by atoms with Gasteiger partial charge in [-0.05, 0) is 36.2 Å². The number of benzene rings is 3. The van der Waals surface area contributed by atoms with Gasteiger partial charge >= 0.3 is 5.97 Å². The molecule has 3 aromatic carbocycles. The highest BCUT2D eigenvalue weighted by Crippen LogP contribution is 2.29. The summed E-state index contributed by atoms with van der Waals surface area (Å²) in [4.78, 5) is 25.1. The standard InChI is InChI=1S/C24H21N5O6S/c1-2-15-6-5-8-18-16(13-25-23(15)18)14-26-27-21-11-10-17(12-22(21)29(32)33)36(34,35)28-20-9-4-3-7-19(20)24(30)31/h3-14,25,27-28H,2H2,1H3,(H,30,31). The fourth-order valence-electron chi connectivity index (χ4n) is 3.70. The van der Waals surface area contributed by atoms with Crippen LogP contribution in [0.3, 0.4) is 0 Å². The zero-order valence-corrected chi connectivity index (χ0v) is 19.7. The lowest BCUT2D eigenvalue weighted by Gasteiger charge is -2.11. The van der Waals surface area contributed by atoms with Crippen LogP contribution in [0, 0.1) is 10.1 Å². The van der Waals surface area contributed by atoms with E-state index in [1.807, 2.05) is 25.1 Å². The van der Waals surface area contributed by atoms with Crippen molar-refractivity contribution in [2.24, 2.45) is 5.10 Å². The molecule has 0 spiro atoms. The van der Waals surface area contributed by atoms with Crippen molar-refractivity contribution < 1.29 is 23.2 Å². The number of fused-ring (bicyclic) bond motifs is 1. The number of carboxylic acids is 1. The van der Waals surface area contributed by atoms with Gasteiger partial charge in [0.15, 0.2) is 0 Å². The third-order valence-corrected chi connectivity index (χ3v) is 6.84. The number of carbonyl (C=O) groups is 1. The van der Waals surface area contributed by atoms with Gasteiger partial charge in [-0.2, -0.15) is 5.10 Å². The van der Waals surface area contributed by atoms with Crippen LogP contribution >= 0.6 is 0 Å². The molecular weight excluding hydrogens is 486 g/mol. The molecule has 0 aliphatic carbocycles. The molecular formula is C24H21N5O6S. The number of nitro benzene ring substituents is 1. The molecule has 0 saturated heterocycles. The lowest BCUT2D eigenvalue weighted by atomic mass is 10.1. The number of nitro groups is 1. The Balaban J connectivity index is 1.60. The minimum Gasteiger partial charge on any atom is -0.478 e. The van der Waals surface area contributed by atoms with E-state index in [4.69, 9.17) is 0 Å². The number of carboxylic acid groups (broad SMARTS) is 1. The first-order valence-corrected chi connectivity index (χ1v) is 12.2. The number of nitrogens with zero attached hydrogens (tertiary/aromatic N) is 2. The van der Waals surface area contributed by atoms with Gasteiger partial charge in [0.1, 0.15) is 5.69 Å². The van der Waals surface area contributed by atoms with Crippen molar-refractivity contribution >= 4 is 50.2 Å². The predicted molar refractivity (Wildman–Crippen MR) is 136 cm³/mol. The van der Waals surface area contributed by atoms with Crippen LogP contribution in [0.2, 0.25) is 0 Å². The molecule has 0 atom stereocenters. The second-order valence-electron chi connectivity index (χ2n) is 7.70. The molecule has 184 valence electrons. The zero-order chi connectivity index (χ0) is 25.9. The van der Waals surface area contributed by atoms with Crippen LogP contribution in [-0.4, -0.2) is 35.6 Å². The van der Waals surface area contributed by atoms with Gasteiger partial charge in [-0.1, -0.05) is 37.3 Å². The van der Waals surface area contributed by atoms with E-state index >= 15 is 0 Å². The van der Waals surface area contributed by atoms with Crippen molar-refractivity contribution in [3.05, 3.63) is 93.7 Å². The highest BCUT2D eigenvalue weighted by molar-refractivity contribution is 7.92. The highest BCUT2D eigenvalue weighted by Gasteiger charge is 2.23. The molecule has 0 bridgehead atoms. The van der Waals surface area contributed by atoms with Crippen LogP contribution in [0.5, 0.6) is 0 Å². The molecule has 0 saturated carbocycles. The van der Waals surface area contributed by atoms with E-state index in [2.05, 4.69) is 20.2 Å². The maximum atomic E-state index is 12.8. The van der Waals surface area contributed by atoms with E-state index < -0.39 is 31.5 Å². The lowest BCUT2D eigenvalue weighted by Crippen LogP contribution is -2.16. The van der Waals surface area contributed by atoms with E-state index in [1.54, 1.807) is 6.20 Å². The second kappa shape index (κ2) is 9.88. The van der Waals surface area contributed by atoms with Gasteiger partial charge in [-0.15, -0.1) is 0 Å². The van der Waals surface area contributed by atoms with E-state index in [-0.39, 0.29) is 16.9 Å². The molecule has 4 N–H and O–H groups in total. The number of hydrogen-bond acceptors (Lipinski definition) is 7. The van der Waals surface area contributed by atoms with Crippen molar-refractivity contribution in [1.82, 2.24) is 4.98 Å². The molecule has 0 aliphatic heterocycles. The van der Waals surface area contributed by atoms with Gasteiger partial charge < -0.3 is 10.1 Å². The lowest BCUT2D eigenvalue weighted by molar-refractivity contribution is -0.384. The summed E-state index contributed by atoms with van der Waals surface area (Å²) in [5.41, 5.74) is 4.55. The average molecular weight is 508 g/mol. The Kier molecular flexibility index (Phi) is 6.70. The molecule has 0 unspecified atom stereocenters. The van der Waals surface area contributed by atoms with Gasteiger partial charge in [0.25, 0.3) is 15.7 Å². The van der Waals surface area contributed by atoms with Crippen molar-refractivity contribution in [3.8, 4) is 0 Å². The fraction of sp³-hybridized carbons (Fsp3) is 0.0833. The fourth-order valence-corrected chi connectivity index (χ4v) is 4.80. The Morgan fingerprint density at radius 1 is 1.14 bits per heavy atom. The monoisotopic (exact) mass is 507 g/mol. The number of aromatic amines is 1. The van der Waals surface area contributed by atoms with E-state index in [9.17, 15) is 28.4 Å². The normalized spacial score (nSPS) is 11.6. The first-order valence-electron chi connectivity index (χ1n) is 10.7. The summed E-state index contributed by atoms with van der Waals surface area (Å²) in [7, 11) is -4.32. The number of aryl methyl sites for hydroxylation is 1. The van der Waals surface area contributed by atoms with Gasteiger partial charge in [-0.25, -0.2) is 13.2 Å². The highest BCUT2D eigenvalue weighted by atomic mass is 32.2. The zero-order valence-electron chi connectivity index (χ0n) is 18.9. The summed E-state index contributed by atoms with van der Waals surface area (Å²) in [6.07, 6.45) is 4.14.